The third kappa shape index (κ3) is 3.60. The molecule has 0 fully saturated rings. The van der Waals surface area contributed by atoms with Gasteiger partial charge in [0.1, 0.15) is 4.90 Å². The van der Waals surface area contributed by atoms with Gasteiger partial charge in [0.15, 0.2) is 0 Å². The molecule has 0 amide bonds. The van der Waals surface area contributed by atoms with E-state index in [0.717, 1.165) is 24.3 Å². The first-order valence-electron chi connectivity index (χ1n) is 7.41. The van der Waals surface area contributed by atoms with Crippen molar-refractivity contribution in [3.63, 3.8) is 0 Å². The summed E-state index contributed by atoms with van der Waals surface area (Å²) < 4.78 is 28.1. The van der Waals surface area contributed by atoms with Crippen LogP contribution in [0.3, 0.4) is 0 Å². The number of nitrogens with one attached hydrogen (secondary N) is 1. The lowest BCUT2D eigenvalue weighted by molar-refractivity contribution is 0.601. The van der Waals surface area contributed by atoms with Crippen LogP contribution < -0.4 is 9.62 Å². The van der Waals surface area contributed by atoms with Crippen molar-refractivity contribution < 1.29 is 8.42 Å². The summed E-state index contributed by atoms with van der Waals surface area (Å²) in [6, 6.07) is 14.4. The number of nitrogens with zero attached hydrogens (tertiary/aromatic N) is 1. The standard InChI is InChI=1S/C17H22N2O2S/c1-4-19(5-2)16-13-14(3)11-12-17(16)22(20,21)18-15-9-7-6-8-10-15/h6-13,18H,4-5H2,1-3H3. The molecule has 0 spiro atoms. The molecule has 0 saturated carbocycles. The number of sulfonamides is 1. The zero-order valence-corrected chi connectivity index (χ0v) is 14.0. The molecule has 0 bridgehead atoms. The molecule has 0 atom stereocenters. The van der Waals surface area contributed by atoms with E-state index in [-0.39, 0.29) is 0 Å². The zero-order chi connectivity index (χ0) is 16.2. The van der Waals surface area contributed by atoms with Gasteiger partial charge in [0.05, 0.1) is 5.69 Å². The van der Waals surface area contributed by atoms with Crippen molar-refractivity contribution in [1.82, 2.24) is 0 Å². The van der Waals surface area contributed by atoms with Gasteiger partial charge in [0.25, 0.3) is 10.0 Å². The van der Waals surface area contributed by atoms with Gasteiger partial charge in [0.2, 0.25) is 0 Å². The highest BCUT2D eigenvalue weighted by Gasteiger charge is 2.21. The monoisotopic (exact) mass is 318 g/mol. The maximum atomic E-state index is 12.7. The molecule has 0 radical (unpaired) electrons. The second-order valence-electron chi connectivity index (χ2n) is 5.11. The Morgan fingerprint density at radius 3 is 2.23 bits per heavy atom. The molecular weight excluding hydrogens is 296 g/mol. The Balaban J connectivity index is 2.46. The van der Waals surface area contributed by atoms with E-state index in [9.17, 15) is 8.42 Å². The van der Waals surface area contributed by atoms with E-state index in [1.54, 1.807) is 30.3 Å². The van der Waals surface area contributed by atoms with Gasteiger partial charge in [-0.1, -0.05) is 24.3 Å². The molecule has 5 heteroatoms. The predicted molar refractivity (Wildman–Crippen MR) is 92.0 cm³/mol. The zero-order valence-electron chi connectivity index (χ0n) is 13.2. The van der Waals surface area contributed by atoms with E-state index in [4.69, 9.17) is 0 Å². The Hall–Kier alpha value is -2.01. The number of benzene rings is 2. The third-order valence-corrected chi connectivity index (χ3v) is 4.96. The minimum Gasteiger partial charge on any atom is -0.371 e. The molecule has 0 aliphatic rings. The molecule has 0 aliphatic heterocycles. The molecule has 2 aromatic rings. The molecular formula is C17H22N2O2S. The van der Waals surface area contributed by atoms with Crippen molar-refractivity contribution in [2.45, 2.75) is 25.7 Å². The van der Waals surface area contributed by atoms with Gasteiger partial charge >= 0.3 is 0 Å². The molecule has 0 aromatic heterocycles. The Bertz CT molecular complexity index is 724. The van der Waals surface area contributed by atoms with E-state index in [0.29, 0.717) is 10.6 Å². The predicted octanol–water partition coefficient (Wildman–Crippen LogP) is 3.64. The summed E-state index contributed by atoms with van der Waals surface area (Å²) in [7, 11) is -3.62. The summed E-state index contributed by atoms with van der Waals surface area (Å²) in [6.07, 6.45) is 0. The lowest BCUT2D eigenvalue weighted by Gasteiger charge is -2.24. The fraction of sp³-hybridized carbons (Fsp3) is 0.294. The molecule has 0 unspecified atom stereocenters. The van der Waals surface area contributed by atoms with Crippen LogP contribution in [0.25, 0.3) is 0 Å². The Labute approximate surface area is 132 Å². The second-order valence-corrected chi connectivity index (χ2v) is 6.77. The highest BCUT2D eigenvalue weighted by atomic mass is 32.2. The van der Waals surface area contributed by atoms with E-state index in [2.05, 4.69) is 4.72 Å². The normalized spacial score (nSPS) is 11.2. The number of rotatable bonds is 6. The number of anilines is 2. The van der Waals surface area contributed by atoms with Crippen LogP contribution >= 0.6 is 0 Å². The summed E-state index contributed by atoms with van der Waals surface area (Å²) in [6.45, 7) is 7.52. The molecule has 0 aliphatic carbocycles. The van der Waals surface area contributed by atoms with Crippen LogP contribution in [0.1, 0.15) is 19.4 Å². The van der Waals surface area contributed by atoms with Crippen LogP contribution in [-0.2, 0) is 10.0 Å². The van der Waals surface area contributed by atoms with E-state index >= 15 is 0 Å². The van der Waals surface area contributed by atoms with Crippen LogP contribution in [0, 0.1) is 6.92 Å². The molecule has 2 aromatic carbocycles. The number of hydrogen-bond acceptors (Lipinski definition) is 3. The van der Waals surface area contributed by atoms with Gasteiger partial charge < -0.3 is 4.90 Å². The average Bonchev–Trinajstić information content (AvgIpc) is 2.49. The third-order valence-electron chi connectivity index (χ3n) is 3.53. The largest absolute Gasteiger partial charge is 0.371 e. The number of aryl methyl sites for hydroxylation is 1. The fourth-order valence-corrected chi connectivity index (χ4v) is 3.65. The Morgan fingerprint density at radius 1 is 1.00 bits per heavy atom. The van der Waals surface area contributed by atoms with Gasteiger partial charge in [-0.2, -0.15) is 0 Å². The van der Waals surface area contributed by atoms with Crippen molar-refractivity contribution in [2.75, 3.05) is 22.7 Å². The highest BCUT2D eigenvalue weighted by Crippen LogP contribution is 2.28. The molecule has 2 rings (SSSR count). The van der Waals surface area contributed by atoms with Gasteiger partial charge in [-0.3, -0.25) is 4.72 Å². The molecule has 1 N–H and O–H groups in total. The molecule has 22 heavy (non-hydrogen) atoms. The average molecular weight is 318 g/mol. The quantitative estimate of drug-likeness (QED) is 0.884. The Morgan fingerprint density at radius 2 is 1.64 bits per heavy atom. The van der Waals surface area contributed by atoms with E-state index in [1.165, 1.54) is 0 Å². The summed E-state index contributed by atoms with van der Waals surface area (Å²) in [4.78, 5) is 2.36. The minimum atomic E-state index is -3.62. The van der Waals surface area contributed by atoms with Crippen LogP contribution in [0.4, 0.5) is 11.4 Å². The highest BCUT2D eigenvalue weighted by molar-refractivity contribution is 7.92. The van der Waals surface area contributed by atoms with E-state index in [1.807, 2.05) is 43.9 Å². The van der Waals surface area contributed by atoms with Gasteiger partial charge in [-0.25, -0.2) is 8.42 Å². The van der Waals surface area contributed by atoms with Crippen LogP contribution in [0.15, 0.2) is 53.4 Å². The minimum absolute atomic E-state index is 0.311. The lowest BCUT2D eigenvalue weighted by Crippen LogP contribution is -2.25. The van der Waals surface area contributed by atoms with Crippen molar-refractivity contribution in [1.29, 1.82) is 0 Å². The van der Waals surface area contributed by atoms with E-state index < -0.39 is 10.0 Å². The molecule has 4 nitrogen and oxygen atoms in total. The Kier molecular flexibility index (Phi) is 5.08. The first kappa shape index (κ1) is 16.4. The smallest absolute Gasteiger partial charge is 0.263 e. The van der Waals surface area contributed by atoms with Gasteiger partial charge in [-0.15, -0.1) is 0 Å². The topological polar surface area (TPSA) is 49.4 Å². The number of para-hydroxylation sites is 1. The first-order valence-corrected chi connectivity index (χ1v) is 8.89. The van der Waals surface area contributed by atoms with Crippen molar-refractivity contribution >= 4 is 21.4 Å². The summed E-state index contributed by atoms with van der Waals surface area (Å²) in [5.41, 5.74) is 2.35. The van der Waals surface area contributed by atoms with Crippen LogP contribution in [0.5, 0.6) is 0 Å². The van der Waals surface area contributed by atoms with Crippen LogP contribution in [-0.4, -0.2) is 21.5 Å². The van der Waals surface area contributed by atoms with Crippen molar-refractivity contribution in [3.05, 3.63) is 54.1 Å². The van der Waals surface area contributed by atoms with Crippen LogP contribution in [0.2, 0.25) is 0 Å². The molecule has 118 valence electrons. The summed E-state index contributed by atoms with van der Waals surface area (Å²) in [5, 5.41) is 0. The second kappa shape index (κ2) is 6.83. The van der Waals surface area contributed by atoms with Crippen molar-refractivity contribution in [2.24, 2.45) is 0 Å². The van der Waals surface area contributed by atoms with Gasteiger partial charge in [0, 0.05) is 18.8 Å². The molecule has 0 saturated heterocycles. The SMILES string of the molecule is CCN(CC)c1cc(C)ccc1S(=O)(=O)Nc1ccccc1. The van der Waals surface area contributed by atoms with Crippen molar-refractivity contribution in [3.8, 4) is 0 Å². The molecule has 0 heterocycles. The van der Waals surface area contributed by atoms with Gasteiger partial charge in [-0.05, 0) is 50.6 Å². The number of hydrogen-bond donors (Lipinski definition) is 1. The fourth-order valence-electron chi connectivity index (χ4n) is 2.38. The lowest BCUT2D eigenvalue weighted by atomic mass is 10.2. The maximum absolute atomic E-state index is 12.7. The maximum Gasteiger partial charge on any atom is 0.263 e. The first-order chi connectivity index (χ1) is 10.5. The summed E-state index contributed by atoms with van der Waals surface area (Å²) in [5.74, 6) is 0. The summed E-state index contributed by atoms with van der Waals surface area (Å²) >= 11 is 0.